The number of benzene rings is 2. The Morgan fingerprint density at radius 3 is 2.28 bits per heavy atom. The summed E-state index contributed by atoms with van der Waals surface area (Å²) in [4.78, 5) is 19.1. The second-order valence-electron chi connectivity index (χ2n) is 5.77. The van der Waals surface area contributed by atoms with E-state index in [-0.39, 0.29) is 5.97 Å². The van der Waals surface area contributed by atoms with Crippen molar-refractivity contribution in [1.82, 2.24) is 9.97 Å². The molecule has 4 nitrogen and oxygen atoms in total. The minimum Gasteiger partial charge on any atom is -0.462 e. The van der Waals surface area contributed by atoms with Crippen LogP contribution in [0.15, 0.2) is 61.1 Å². The number of rotatable bonds is 7. The third-order valence-electron chi connectivity index (χ3n) is 3.95. The number of carbonyl (C=O) groups is 1. The molecule has 0 atom stereocenters. The van der Waals surface area contributed by atoms with Crippen molar-refractivity contribution in [3.05, 3.63) is 88.5 Å². The molecule has 0 saturated heterocycles. The third-order valence-corrected chi connectivity index (χ3v) is 4.20. The Morgan fingerprint density at radius 2 is 1.64 bits per heavy atom. The van der Waals surface area contributed by atoms with Gasteiger partial charge in [0.1, 0.15) is 0 Å². The summed E-state index contributed by atoms with van der Waals surface area (Å²) in [6, 6.07) is 15.1. The molecule has 1 N–H and O–H groups in total. The van der Waals surface area contributed by atoms with Gasteiger partial charge in [-0.25, -0.2) is 9.78 Å². The number of H-pyrrole nitrogens is 1. The average molecular weight is 355 g/mol. The Morgan fingerprint density at radius 1 is 0.960 bits per heavy atom. The van der Waals surface area contributed by atoms with E-state index in [9.17, 15) is 4.79 Å². The monoisotopic (exact) mass is 354 g/mol. The van der Waals surface area contributed by atoms with Gasteiger partial charge in [0.05, 0.1) is 24.2 Å². The highest BCUT2D eigenvalue weighted by molar-refractivity contribution is 6.30. The highest BCUT2D eigenvalue weighted by atomic mass is 35.5. The Balaban J connectivity index is 1.43. The lowest BCUT2D eigenvalue weighted by molar-refractivity contribution is 0.0509. The number of aryl methyl sites for hydroxylation is 2. The van der Waals surface area contributed by atoms with Crippen LogP contribution in [0, 0.1) is 0 Å². The van der Waals surface area contributed by atoms with Crippen molar-refractivity contribution in [1.29, 1.82) is 0 Å². The number of hydrogen-bond acceptors (Lipinski definition) is 3. The van der Waals surface area contributed by atoms with E-state index in [1.807, 2.05) is 6.20 Å². The molecule has 0 aliphatic heterocycles. The zero-order valence-electron chi connectivity index (χ0n) is 13.7. The third kappa shape index (κ3) is 5.19. The summed E-state index contributed by atoms with van der Waals surface area (Å²) in [6.45, 7) is 0.355. The maximum atomic E-state index is 11.9. The normalized spacial score (nSPS) is 10.6. The van der Waals surface area contributed by atoms with Gasteiger partial charge in [0.25, 0.3) is 0 Å². The Bertz CT molecular complexity index is 797. The van der Waals surface area contributed by atoms with Crippen LogP contribution in [-0.2, 0) is 24.0 Å². The molecule has 0 aliphatic rings. The summed E-state index contributed by atoms with van der Waals surface area (Å²) >= 11 is 5.81. The van der Waals surface area contributed by atoms with Crippen molar-refractivity contribution in [2.75, 3.05) is 6.61 Å². The van der Waals surface area contributed by atoms with Crippen LogP contribution in [0.5, 0.6) is 0 Å². The number of carbonyl (C=O) groups excluding carboxylic acids is 1. The first-order valence-corrected chi connectivity index (χ1v) is 8.57. The molecule has 0 bridgehead atoms. The molecule has 3 aromatic rings. The van der Waals surface area contributed by atoms with Crippen LogP contribution in [-0.4, -0.2) is 22.5 Å². The second-order valence-corrected chi connectivity index (χ2v) is 6.21. The van der Waals surface area contributed by atoms with Crippen molar-refractivity contribution in [2.24, 2.45) is 0 Å². The average Bonchev–Trinajstić information content (AvgIpc) is 3.15. The van der Waals surface area contributed by atoms with E-state index < -0.39 is 0 Å². The van der Waals surface area contributed by atoms with E-state index in [0.29, 0.717) is 23.6 Å². The van der Waals surface area contributed by atoms with Crippen LogP contribution in [0.1, 0.15) is 27.2 Å². The lowest BCUT2D eigenvalue weighted by Crippen LogP contribution is -2.08. The van der Waals surface area contributed by atoms with Gasteiger partial charge in [0.2, 0.25) is 0 Å². The summed E-state index contributed by atoms with van der Waals surface area (Å²) in [5.41, 5.74) is 3.99. The highest BCUT2D eigenvalue weighted by Gasteiger charge is 2.06. The van der Waals surface area contributed by atoms with Gasteiger partial charge in [0.15, 0.2) is 0 Å². The molecule has 0 spiro atoms. The first-order chi connectivity index (χ1) is 12.2. The van der Waals surface area contributed by atoms with E-state index in [4.69, 9.17) is 16.3 Å². The molecule has 1 heterocycles. The summed E-state index contributed by atoms with van der Waals surface area (Å²) < 4.78 is 5.30. The molecule has 25 heavy (non-hydrogen) atoms. The molecule has 1 aromatic heterocycles. The quantitative estimate of drug-likeness (QED) is 0.645. The molecule has 0 saturated carbocycles. The van der Waals surface area contributed by atoms with Gasteiger partial charge < -0.3 is 9.72 Å². The van der Waals surface area contributed by atoms with Crippen molar-refractivity contribution < 1.29 is 9.53 Å². The first kappa shape index (κ1) is 17.2. The summed E-state index contributed by atoms with van der Waals surface area (Å²) in [7, 11) is 0. The van der Waals surface area contributed by atoms with Crippen molar-refractivity contribution in [3.8, 4) is 0 Å². The summed E-state index contributed by atoms with van der Waals surface area (Å²) in [6.07, 6.45) is 6.18. The van der Waals surface area contributed by atoms with Gasteiger partial charge in [-0.05, 0) is 48.2 Å². The van der Waals surface area contributed by atoms with Crippen LogP contribution in [0.3, 0.4) is 0 Å². The van der Waals surface area contributed by atoms with Gasteiger partial charge in [-0.1, -0.05) is 35.9 Å². The summed E-state index contributed by atoms with van der Waals surface area (Å²) in [5, 5.41) is 0.601. The van der Waals surface area contributed by atoms with Crippen LogP contribution >= 0.6 is 11.6 Å². The van der Waals surface area contributed by atoms with E-state index in [2.05, 4.69) is 34.2 Å². The minimum atomic E-state index is -0.327. The number of nitrogens with one attached hydrogen (secondary N) is 1. The molecule has 2 aromatic carbocycles. The number of esters is 1. The second kappa shape index (κ2) is 8.49. The van der Waals surface area contributed by atoms with E-state index in [1.165, 1.54) is 5.56 Å². The number of halogens is 1. The number of hydrogen-bond donors (Lipinski definition) is 1. The Labute approximate surface area is 151 Å². The highest BCUT2D eigenvalue weighted by Crippen LogP contribution is 2.11. The van der Waals surface area contributed by atoms with Gasteiger partial charge in [0, 0.05) is 17.6 Å². The van der Waals surface area contributed by atoms with E-state index >= 15 is 0 Å². The fourth-order valence-electron chi connectivity index (χ4n) is 2.50. The standard InChI is InChI=1S/C20H19ClN2O2/c21-18-8-6-17(7-9-18)20(24)25-12-11-16-3-1-15(2-4-16)5-10-19-13-22-14-23-19/h1-4,6-9,13-14H,5,10-12H2,(H,22,23). The number of aromatic nitrogens is 2. The van der Waals surface area contributed by atoms with Gasteiger partial charge in [-0.15, -0.1) is 0 Å². The molecule has 0 amide bonds. The zero-order chi connectivity index (χ0) is 17.5. The molecule has 3 rings (SSSR count). The first-order valence-electron chi connectivity index (χ1n) is 8.19. The Hall–Kier alpha value is -2.59. The largest absolute Gasteiger partial charge is 0.462 e. The fourth-order valence-corrected chi connectivity index (χ4v) is 2.63. The van der Waals surface area contributed by atoms with Crippen LogP contribution in [0.25, 0.3) is 0 Å². The number of nitrogens with zero attached hydrogens (tertiary/aromatic N) is 1. The van der Waals surface area contributed by atoms with E-state index in [1.54, 1.807) is 30.6 Å². The number of aromatic amines is 1. The fraction of sp³-hybridized carbons (Fsp3) is 0.200. The SMILES string of the molecule is O=C(OCCc1ccc(CCc2c[nH]cn2)cc1)c1ccc(Cl)cc1. The van der Waals surface area contributed by atoms with Crippen LogP contribution < -0.4 is 0 Å². The van der Waals surface area contributed by atoms with Gasteiger partial charge in [-0.3, -0.25) is 0 Å². The van der Waals surface area contributed by atoms with Crippen LogP contribution in [0.2, 0.25) is 5.02 Å². The predicted octanol–water partition coefficient (Wildman–Crippen LogP) is 4.25. The topological polar surface area (TPSA) is 55.0 Å². The Kier molecular flexibility index (Phi) is 5.86. The lowest BCUT2D eigenvalue weighted by Gasteiger charge is -2.06. The van der Waals surface area contributed by atoms with E-state index in [0.717, 1.165) is 24.1 Å². The number of ether oxygens (including phenoxy) is 1. The van der Waals surface area contributed by atoms with Gasteiger partial charge >= 0.3 is 5.97 Å². The molecule has 0 aliphatic carbocycles. The zero-order valence-corrected chi connectivity index (χ0v) is 14.5. The molecular formula is C20H19ClN2O2. The summed E-state index contributed by atoms with van der Waals surface area (Å²) in [5.74, 6) is -0.327. The molecular weight excluding hydrogens is 336 g/mol. The number of imidazole rings is 1. The molecule has 0 fully saturated rings. The van der Waals surface area contributed by atoms with Gasteiger partial charge in [-0.2, -0.15) is 0 Å². The minimum absolute atomic E-state index is 0.327. The van der Waals surface area contributed by atoms with Crippen molar-refractivity contribution in [3.63, 3.8) is 0 Å². The van der Waals surface area contributed by atoms with Crippen LogP contribution in [0.4, 0.5) is 0 Å². The maximum absolute atomic E-state index is 11.9. The molecule has 0 radical (unpaired) electrons. The predicted molar refractivity (Wildman–Crippen MR) is 97.9 cm³/mol. The molecule has 0 unspecified atom stereocenters. The van der Waals surface area contributed by atoms with Crippen molar-refractivity contribution >= 4 is 17.6 Å². The smallest absolute Gasteiger partial charge is 0.338 e. The maximum Gasteiger partial charge on any atom is 0.338 e. The molecule has 5 heteroatoms. The lowest BCUT2D eigenvalue weighted by atomic mass is 10.1. The van der Waals surface area contributed by atoms with Crippen molar-refractivity contribution in [2.45, 2.75) is 19.3 Å². The molecule has 128 valence electrons.